The van der Waals surface area contributed by atoms with E-state index >= 15 is 0 Å². The van der Waals surface area contributed by atoms with Gasteiger partial charge in [-0.3, -0.25) is 13.9 Å². The summed E-state index contributed by atoms with van der Waals surface area (Å²) in [6.07, 6.45) is 0.748. The Balaban J connectivity index is 2.02. The van der Waals surface area contributed by atoms with E-state index in [-0.39, 0.29) is 17.3 Å². The first-order valence-corrected chi connectivity index (χ1v) is 14.4. The highest BCUT2D eigenvalue weighted by Crippen LogP contribution is 2.26. The number of hydrogen-bond donors (Lipinski definition) is 1. The molecular weight excluding hydrogens is 514 g/mol. The van der Waals surface area contributed by atoms with E-state index in [9.17, 15) is 18.0 Å². The van der Waals surface area contributed by atoms with Gasteiger partial charge in [0.1, 0.15) is 18.3 Å². The number of carbonyl (C=O) groups excluding carboxylic acids is 2. The second kappa shape index (κ2) is 13.3. The first-order valence-electron chi connectivity index (χ1n) is 12.9. The van der Waals surface area contributed by atoms with Crippen LogP contribution >= 0.6 is 0 Å². The van der Waals surface area contributed by atoms with Gasteiger partial charge >= 0.3 is 0 Å². The number of rotatable bonds is 12. The van der Waals surface area contributed by atoms with Crippen molar-refractivity contribution in [3.05, 3.63) is 89.5 Å². The van der Waals surface area contributed by atoms with Crippen molar-refractivity contribution in [1.82, 2.24) is 10.2 Å². The molecule has 0 spiro atoms. The van der Waals surface area contributed by atoms with Crippen molar-refractivity contribution in [3.63, 3.8) is 0 Å². The van der Waals surface area contributed by atoms with E-state index in [1.54, 1.807) is 62.6 Å². The Morgan fingerprint density at radius 2 is 1.64 bits per heavy atom. The molecule has 0 aromatic heterocycles. The van der Waals surface area contributed by atoms with Crippen molar-refractivity contribution in [2.45, 2.75) is 51.6 Å². The summed E-state index contributed by atoms with van der Waals surface area (Å²) in [5.41, 5.74) is 2.89. The summed E-state index contributed by atoms with van der Waals surface area (Å²) < 4.78 is 34.2. The zero-order chi connectivity index (χ0) is 28.6. The molecule has 3 rings (SSSR count). The van der Waals surface area contributed by atoms with Crippen molar-refractivity contribution >= 4 is 27.5 Å². The molecule has 0 bridgehead atoms. The van der Waals surface area contributed by atoms with Gasteiger partial charge in [-0.1, -0.05) is 48.9 Å². The summed E-state index contributed by atoms with van der Waals surface area (Å²) in [7, 11) is -2.54. The van der Waals surface area contributed by atoms with E-state index in [0.29, 0.717) is 18.0 Å². The molecule has 1 unspecified atom stereocenters. The quantitative estimate of drug-likeness (QED) is 0.359. The molecule has 1 N–H and O–H groups in total. The van der Waals surface area contributed by atoms with Crippen molar-refractivity contribution in [2.24, 2.45) is 0 Å². The Morgan fingerprint density at radius 1 is 0.949 bits per heavy atom. The van der Waals surface area contributed by atoms with E-state index in [4.69, 9.17) is 4.74 Å². The Hall–Kier alpha value is -3.85. The average molecular weight is 552 g/mol. The Labute approximate surface area is 231 Å². The van der Waals surface area contributed by atoms with Gasteiger partial charge in [-0.25, -0.2) is 8.42 Å². The molecule has 2 amide bonds. The molecule has 0 fully saturated rings. The van der Waals surface area contributed by atoms with Gasteiger partial charge in [-0.2, -0.15) is 0 Å². The second-order valence-corrected chi connectivity index (χ2v) is 11.4. The molecule has 0 radical (unpaired) electrons. The van der Waals surface area contributed by atoms with E-state index in [1.165, 1.54) is 17.0 Å². The number of amides is 2. The minimum atomic E-state index is -4.09. The number of benzene rings is 3. The number of sulfonamides is 1. The van der Waals surface area contributed by atoms with E-state index < -0.39 is 28.5 Å². The van der Waals surface area contributed by atoms with Gasteiger partial charge in [0.25, 0.3) is 10.0 Å². The van der Waals surface area contributed by atoms with Crippen LogP contribution in [0.25, 0.3) is 0 Å². The number of ether oxygens (including phenoxy) is 1. The lowest BCUT2D eigenvalue weighted by molar-refractivity contribution is -0.139. The van der Waals surface area contributed by atoms with Crippen LogP contribution in [0, 0.1) is 13.8 Å². The van der Waals surface area contributed by atoms with E-state index in [2.05, 4.69) is 5.32 Å². The third-order valence-corrected chi connectivity index (χ3v) is 8.17. The van der Waals surface area contributed by atoms with Crippen LogP contribution in [0.15, 0.2) is 77.7 Å². The standard InChI is InChI=1S/C30H37N3O5S/c1-6-17-31-30(35)24(4)32(20-25-10-8-12-27(19-25)38-5)29(34)21-33(26-11-7-9-23(3)18-26)39(36,37)28-15-13-22(2)14-16-28/h7-16,18-19,24H,6,17,20-21H2,1-5H3,(H,31,35). The fraction of sp³-hybridized carbons (Fsp3) is 0.333. The van der Waals surface area contributed by atoms with Crippen molar-refractivity contribution in [1.29, 1.82) is 0 Å². The van der Waals surface area contributed by atoms with Gasteiger partial charge in [0, 0.05) is 13.1 Å². The molecular formula is C30H37N3O5S. The average Bonchev–Trinajstić information content (AvgIpc) is 2.93. The lowest BCUT2D eigenvalue weighted by Gasteiger charge is -2.32. The van der Waals surface area contributed by atoms with Gasteiger partial charge in [0.05, 0.1) is 17.7 Å². The maximum absolute atomic E-state index is 13.9. The highest BCUT2D eigenvalue weighted by atomic mass is 32.2. The van der Waals surface area contributed by atoms with Crippen LogP contribution in [0.1, 0.15) is 37.0 Å². The summed E-state index contributed by atoms with van der Waals surface area (Å²) in [5, 5.41) is 2.84. The highest BCUT2D eigenvalue weighted by molar-refractivity contribution is 7.92. The third kappa shape index (κ3) is 7.60. The number of nitrogens with one attached hydrogen (secondary N) is 1. The summed E-state index contributed by atoms with van der Waals surface area (Å²) in [5.74, 6) is -0.197. The molecule has 8 nitrogen and oxygen atoms in total. The van der Waals surface area contributed by atoms with Gasteiger partial charge in [0.2, 0.25) is 11.8 Å². The number of hydrogen-bond acceptors (Lipinski definition) is 5. The van der Waals surface area contributed by atoms with Crippen molar-refractivity contribution < 1.29 is 22.7 Å². The van der Waals surface area contributed by atoms with Gasteiger partial charge in [-0.15, -0.1) is 0 Å². The van der Waals surface area contributed by atoms with Crippen LogP contribution in [-0.4, -0.2) is 51.4 Å². The number of nitrogens with zero attached hydrogens (tertiary/aromatic N) is 2. The van der Waals surface area contributed by atoms with Crippen LogP contribution in [0.2, 0.25) is 0 Å². The number of carbonyl (C=O) groups is 2. The number of methoxy groups -OCH3 is 1. The molecule has 3 aromatic carbocycles. The normalized spacial score (nSPS) is 11.9. The molecule has 208 valence electrons. The van der Waals surface area contributed by atoms with Crippen LogP contribution in [0.5, 0.6) is 5.75 Å². The van der Waals surface area contributed by atoms with Crippen LogP contribution in [0.4, 0.5) is 5.69 Å². The fourth-order valence-electron chi connectivity index (χ4n) is 4.10. The molecule has 39 heavy (non-hydrogen) atoms. The van der Waals surface area contributed by atoms with E-state index in [0.717, 1.165) is 27.4 Å². The predicted molar refractivity (Wildman–Crippen MR) is 153 cm³/mol. The molecule has 0 aliphatic heterocycles. The monoisotopic (exact) mass is 551 g/mol. The molecule has 0 heterocycles. The highest BCUT2D eigenvalue weighted by Gasteiger charge is 2.32. The first-order chi connectivity index (χ1) is 18.6. The first kappa shape index (κ1) is 29.7. The maximum atomic E-state index is 13.9. The summed E-state index contributed by atoms with van der Waals surface area (Å²) in [6.45, 7) is 7.42. The largest absolute Gasteiger partial charge is 0.497 e. The van der Waals surface area contributed by atoms with Crippen molar-refractivity contribution in [2.75, 3.05) is 24.5 Å². The summed E-state index contributed by atoms with van der Waals surface area (Å²) in [4.78, 5) is 28.4. The Morgan fingerprint density at radius 3 is 2.28 bits per heavy atom. The van der Waals surface area contributed by atoms with Crippen LogP contribution < -0.4 is 14.4 Å². The zero-order valence-corrected chi connectivity index (χ0v) is 24.0. The fourth-order valence-corrected chi connectivity index (χ4v) is 5.50. The minimum absolute atomic E-state index is 0.0792. The number of aryl methyl sites for hydroxylation is 2. The second-order valence-electron chi connectivity index (χ2n) is 9.50. The topological polar surface area (TPSA) is 96.0 Å². The molecule has 0 saturated carbocycles. The maximum Gasteiger partial charge on any atom is 0.264 e. The SMILES string of the molecule is CCCNC(=O)C(C)N(Cc1cccc(OC)c1)C(=O)CN(c1cccc(C)c1)S(=O)(=O)c1ccc(C)cc1. The van der Waals surface area contributed by atoms with Gasteiger partial charge in [-0.05, 0) is 74.7 Å². The molecule has 0 saturated heterocycles. The number of anilines is 1. The molecule has 3 aromatic rings. The van der Waals surface area contributed by atoms with Gasteiger partial charge in [0.15, 0.2) is 0 Å². The molecule has 1 atom stereocenters. The van der Waals surface area contributed by atoms with E-state index in [1.807, 2.05) is 32.9 Å². The lowest BCUT2D eigenvalue weighted by atomic mass is 10.1. The molecule has 9 heteroatoms. The van der Waals surface area contributed by atoms with Crippen molar-refractivity contribution in [3.8, 4) is 5.75 Å². The molecule has 0 aliphatic carbocycles. The lowest BCUT2D eigenvalue weighted by Crippen LogP contribution is -2.51. The van der Waals surface area contributed by atoms with Crippen LogP contribution in [-0.2, 0) is 26.2 Å². The summed E-state index contributed by atoms with van der Waals surface area (Å²) in [6, 6.07) is 19.9. The van der Waals surface area contributed by atoms with Crippen LogP contribution in [0.3, 0.4) is 0 Å². The Kier molecular flexibility index (Phi) is 10.1. The smallest absolute Gasteiger partial charge is 0.264 e. The molecule has 0 aliphatic rings. The zero-order valence-electron chi connectivity index (χ0n) is 23.2. The minimum Gasteiger partial charge on any atom is -0.497 e. The van der Waals surface area contributed by atoms with Gasteiger partial charge < -0.3 is 15.0 Å². The Bertz CT molecular complexity index is 1390. The third-order valence-electron chi connectivity index (χ3n) is 6.38. The summed E-state index contributed by atoms with van der Waals surface area (Å²) >= 11 is 0. The predicted octanol–water partition coefficient (Wildman–Crippen LogP) is 4.45.